The number of amides is 1. The zero-order chi connectivity index (χ0) is 13.9. The van der Waals surface area contributed by atoms with Gasteiger partial charge in [-0.1, -0.05) is 12.2 Å². The molecule has 0 aromatic rings. The second-order valence-electron chi connectivity index (χ2n) is 5.45. The second kappa shape index (κ2) is 5.74. The van der Waals surface area contributed by atoms with Gasteiger partial charge in [-0.3, -0.25) is 9.59 Å². The van der Waals surface area contributed by atoms with Crippen LogP contribution in [-0.2, 0) is 14.3 Å². The molecule has 2 N–H and O–H groups in total. The maximum atomic E-state index is 12.2. The van der Waals surface area contributed by atoms with Gasteiger partial charge in [-0.15, -0.1) is 0 Å². The first-order valence-electron chi connectivity index (χ1n) is 6.79. The molecule has 0 spiro atoms. The van der Waals surface area contributed by atoms with Crippen LogP contribution in [0.25, 0.3) is 0 Å². The van der Waals surface area contributed by atoms with Gasteiger partial charge in [0.15, 0.2) is 0 Å². The minimum absolute atomic E-state index is 0.167. The van der Waals surface area contributed by atoms with Crippen molar-refractivity contribution < 1.29 is 19.4 Å². The molecule has 1 amide bonds. The Labute approximate surface area is 113 Å². The second-order valence-corrected chi connectivity index (χ2v) is 5.45. The minimum Gasteiger partial charge on any atom is -0.481 e. The minimum atomic E-state index is -0.894. The molecule has 2 aliphatic rings. The molecular formula is C14H21NO4. The van der Waals surface area contributed by atoms with E-state index in [0.717, 1.165) is 19.3 Å². The molecule has 5 heteroatoms. The number of allylic oxidation sites excluding steroid dienone is 2. The van der Waals surface area contributed by atoms with Gasteiger partial charge >= 0.3 is 5.97 Å². The van der Waals surface area contributed by atoms with Crippen LogP contribution in [0, 0.1) is 11.8 Å². The molecular weight excluding hydrogens is 246 g/mol. The molecule has 0 unspecified atom stereocenters. The van der Waals surface area contributed by atoms with Crippen LogP contribution < -0.4 is 5.32 Å². The van der Waals surface area contributed by atoms with Crippen LogP contribution in [0.5, 0.6) is 0 Å². The Balaban J connectivity index is 1.91. The van der Waals surface area contributed by atoms with Gasteiger partial charge in [0.05, 0.1) is 17.4 Å². The van der Waals surface area contributed by atoms with Crippen molar-refractivity contribution in [1.29, 1.82) is 0 Å². The van der Waals surface area contributed by atoms with Crippen LogP contribution >= 0.6 is 0 Å². The van der Waals surface area contributed by atoms with Gasteiger partial charge in [0, 0.05) is 13.7 Å². The van der Waals surface area contributed by atoms with Crippen molar-refractivity contribution in [1.82, 2.24) is 5.32 Å². The molecule has 0 bridgehead atoms. The van der Waals surface area contributed by atoms with Crippen LogP contribution in [0.4, 0.5) is 0 Å². The average Bonchev–Trinajstić information content (AvgIpc) is 2.37. The lowest BCUT2D eigenvalue weighted by Crippen LogP contribution is -2.51. The Hall–Kier alpha value is -1.36. The van der Waals surface area contributed by atoms with E-state index < -0.39 is 17.8 Å². The van der Waals surface area contributed by atoms with Crippen molar-refractivity contribution in [2.24, 2.45) is 11.8 Å². The van der Waals surface area contributed by atoms with E-state index in [9.17, 15) is 9.59 Å². The van der Waals surface area contributed by atoms with Crippen molar-refractivity contribution in [3.63, 3.8) is 0 Å². The normalized spacial score (nSPS) is 28.5. The molecule has 0 aromatic carbocycles. The van der Waals surface area contributed by atoms with E-state index in [1.54, 1.807) is 7.11 Å². The van der Waals surface area contributed by atoms with E-state index in [1.165, 1.54) is 0 Å². The van der Waals surface area contributed by atoms with Gasteiger partial charge in [0.1, 0.15) is 0 Å². The molecule has 2 rings (SSSR count). The van der Waals surface area contributed by atoms with E-state index in [0.29, 0.717) is 19.4 Å². The van der Waals surface area contributed by atoms with Gasteiger partial charge < -0.3 is 15.2 Å². The summed E-state index contributed by atoms with van der Waals surface area (Å²) in [4.78, 5) is 23.3. The van der Waals surface area contributed by atoms with Crippen LogP contribution in [0.2, 0.25) is 0 Å². The molecule has 106 valence electrons. The Kier molecular flexibility index (Phi) is 4.24. The van der Waals surface area contributed by atoms with Gasteiger partial charge in [0.2, 0.25) is 5.91 Å². The largest absolute Gasteiger partial charge is 0.481 e. The topological polar surface area (TPSA) is 75.6 Å². The fourth-order valence-corrected chi connectivity index (χ4v) is 2.78. The number of aliphatic carboxylic acids is 1. The Bertz CT molecular complexity index is 381. The summed E-state index contributed by atoms with van der Waals surface area (Å²) in [6.45, 7) is 0.481. The molecule has 0 radical (unpaired) electrons. The molecule has 5 nitrogen and oxygen atoms in total. The highest BCUT2D eigenvalue weighted by Gasteiger charge is 2.39. The summed E-state index contributed by atoms with van der Waals surface area (Å²) in [5.41, 5.74) is -0.223. The van der Waals surface area contributed by atoms with E-state index in [4.69, 9.17) is 9.84 Å². The van der Waals surface area contributed by atoms with Crippen LogP contribution in [-0.4, -0.2) is 36.2 Å². The smallest absolute Gasteiger partial charge is 0.307 e. The lowest BCUT2D eigenvalue weighted by molar-refractivity contribution is -0.148. The summed E-state index contributed by atoms with van der Waals surface area (Å²) in [5, 5.41) is 12.0. The van der Waals surface area contributed by atoms with Crippen LogP contribution in [0.1, 0.15) is 32.1 Å². The predicted octanol–water partition coefficient (Wildman–Crippen LogP) is 1.34. The SMILES string of the molecule is COC1(CNC(=O)[C@@H]2CC=CC[C@@H]2C(=O)O)CCC1. The Morgan fingerprint density at radius 1 is 1.32 bits per heavy atom. The van der Waals surface area contributed by atoms with Gasteiger partial charge in [0.25, 0.3) is 0 Å². The molecule has 0 saturated heterocycles. The highest BCUT2D eigenvalue weighted by Crippen LogP contribution is 2.34. The molecule has 0 aliphatic heterocycles. The number of ether oxygens (including phenoxy) is 1. The number of hydrogen-bond donors (Lipinski definition) is 2. The third kappa shape index (κ3) is 2.97. The molecule has 0 aromatic heterocycles. The van der Waals surface area contributed by atoms with Crippen molar-refractivity contribution in [3.8, 4) is 0 Å². The number of carbonyl (C=O) groups is 2. The van der Waals surface area contributed by atoms with Crippen molar-refractivity contribution in [2.45, 2.75) is 37.7 Å². The lowest BCUT2D eigenvalue weighted by Gasteiger charge is -2.41. The number of methoxy groups -OCH3 is 1. The summed E-state index contributed by atoms with van der Waals surface area (Å²) in [5.74, 6) is -2.13. The Morgan fingerprint density at radius 3 is 2.42 bits per heavy atom. The van der Waals surface area contributed by atoms with Crippen LogP contribution in [0.3, 0.4) is 0 Å². The maximum absolute atomic E-state index is 12.2. The standard InChI is InChI=1S/C14H21NO4/c1-19-14(7-4-8-14)9-15-12(16)10-5-2-3-6-11(10)13(17)18/h2-3,10-11H,4-9H2,1H3,(H,15,16)(H,17,18)/t10-,11+/m1/s1. The van der Waals surface area contributed by atoms with E-state index in [1.807, 2.05) is 12.2 Å². The van der Waals surface area contributed by atoms with Crippen molar-refractivity contribution >= 4 is 11.9 Å². The van der Waals surface area contributed by atoms with Gasteiger partial charge in [-0.05, 0) is 32.1 Å². The number of hydrogen-bond acceptors (Lipinski definition) is 3. The van der Waals surface area contributed by atoms with E-state index in [-0.39, 0.29) is 11.5 Å². The molecule has 1 saturated carbocycles. The summed E-state index contributed by atoms with van der Waals surface area (Å²) in [7, 11) is 1.66. The molecule has 1 fully saturated rings. The Morgan fingerprint density at radius 2 is 1.95 bits per heavy atom. The lowest BCUT2D eigenvalue weighted by atomic mass is 9.79. The zero-order valence-corrected chi connectivity index (χ0v) is 11.2. The maximum Gasteiger partial charge on any atom is 0.307 e. The quantitative estimate of drug-likeness (QED) is 0.737. The predicted molar refractivity (Wildman–Crippen MR) is 69.6 cm³/mol. The monoisotopic (exact) mass is 267 g/mol. The fraction of sp³-hybridized carbons (Fsp3) is 0.714. The molecule has 0 heterocycles. The third-order valence-electron chi connectivity index (χ3n) is 4.37. The summed E-state index contributed by atoms with van der Waals surface area (Å²) < 4.78 is 5.44. The van der Waals surface area contributed by atoms with Crippen molar-refractivity contribution in [3.05, 3.63) is 12.2 Å². The summed E-state index contributed by atoms with van der Waals surface area (Å²) in [6, 6.07) is 0. The van der Waals surface area contributed by atoms with E-state index in [2.05, 4.69) is 5.32 Å². The first-order valence-corrected chi connectivity index (χ1v) is 6.79. The summed E-state index contributed by atoms with van der Waals surface area (Å²) >= 11 is 0. The zero-order valence-electron chi connectivity index (χ0n) is 11.2. The third-order valence-corrected chi connectivity index (χ3v) is 4.37. The molecule has 2 atom stereocenters. The first-order chi connectivity index (χ1) is 9.08. The summed E-state index contributed by atoms with van der Waals surface area (Å²) in [6.07, 6.45) is 7.69. The number of nitrogens with one attached hydrogen (secondary N) is 1. The van der Waals surface area contributed by atoms with Gasteiger partial charge in [-0.2, -0.15) is 0 Å². The number of carboxylic acid groups (broad SMARTS) is 1. The van der Waals surface area contributed by atoms with Gasteiger partial charge in [-0.25, -0.2) is 0 Å². The molecule has 19 heavy (non-hydrogen) atoms. The average molecular weight is 267 g/mol. The fourth-order valence-electron chi connectivity index (χ4n) is 2.78. The number of carbonyl (C=O) groups excluding carboxylic acids is 1. The highest BCUT2D eigenvalue weighted by atomic mass is 16.5. The molecule has 2 aliphatic carbocycles. The number of rotatable bonds is 5. The highest BCUT2D eigenvalue weighted by molar-refractivity contribution is 5.85. The number of carboxylic acids is 1. The van der Waals surface area contributed by atoms with Crippen molar-refractivity contribution in [2.75, 3.05) is 13.7 Å². The first kappa shape index (κ1) is 14.1. The van der Waals surface area contributed by atoms with E-state index >= 15 is 0 Å². The van der Waals surface area contributed by atoms with Crippen LogP contribution in [0.15, 0.2) is 12.2 Å².